The molecule has 1 saturated heterocycles. The first-order chi connectivity index (χ1) is 6.98. The smallest absolute Gasteiger partial charge is 0.225 e. The van der Waals surface area contributed by atoms with Gasteiger partial charge in [-0.2, -0.15) is 0 Å². The molecule has 0 aromatic heterocycles. The summed E-state index contributed by atoms with van der Waals surface area (Å²) < 4.78 is 0. The van der Waals surface area contributed by atoms with E-state index in [1.807, 2.05) is 25.8 Å². The highest BCUT2D eigenvalue weighted by molar-refractivity contribution is 5.78. The van der Waals surface area contributed by atoms with E-state index >= 15 is 0 Å². The lowest BCUT2D eigenvalue weighted by molar-refractivity contribution is -0.138. The molecule has 0 atom stereocenters. The number of carbonyl (C=O) groups is 1. The standard InChI is InChI=1S/C11H22N2O2/c1-9(2)10(14)13-6-4-11(15,5-7-13)8-12-3/h9,12,15H,4-8H2,1-3H3. The van der Waals surface area contributed by atoms with Gasteiger partial charge in [-0.05, 0) is 19.9 Å². The Morgan fingerprint density at radius 3 is 2.40 bits per heavy atom. The number of hydrogen-bond acceptors (Lipinski definition) is 3. The molecule has 0 aliphatic carbocycles. The lowest BCUT2D eigenvalue weighted by atomic mass is 9.91. The van der Waals surface area contributed by atoms with Crippen LogP contribution in [0.4, 0.5) is 0 Å². The van der Waals surface area contributed by atoms with Crippen LogP contribution in [-0.4, -0.2) is 48.2 Å². The van der Waals surface area contributed by atoms with E-state index in [9.17, 15) is 9.90 Å². The van der Waals surface area contributed by atoms with E-state index in [1.165, 1.54) is 0 Å². The van der Waals surface area contributed by atoms with Crippen molar-refractivity contribution >= 4 is 5.91 Å². The lowest BCUT2D eigenvalue weighted by Crippen LogP contribution is -2.51. The molecule has 0 radical (unpaired) electrons. The minimum absolute atomic E-state index is 0.0560. The second-order valence-electron chi connectivity index (χ2n) is 4.73. The van der Waals surface area contributed by atoms with Crippen LogP contribution in [0.1, 0.15) is 26.7 Å². The first-order valence-corrected chi connectivity index (χ1v) is 5.64. The van der Waals surface area contributed by atoms with E-state index < -0.39 is 5.60 Å². The van der Waals surface area contributed by atoms with Gasteiger partial charge in [0.2, 0.25) is 5.91 Å². The Labute approximate surface area is 91.6 Å². The molecule has 88 valence electrons. The highest BCUT2D eigenvalue weighted by Crippen LogP contribution is 2.22. The van der Waals surface area contributed by atoms with Crippen molar-refractivity contribution in [1.82, 2.24) is 10.2 Å². The topological polar surface area (TPSA) is 52.6 Å². The van der Waals surface area contributed by atoms with Gasteiger partial charge in [0.15, 0.2) is 0 Å². The van der Waals surface area contributed by atoms with E-state index in [0.29, 0.717) is 32.5 Å². The van der Waals surface area contributed by atoms with Gasteiger partial charge in [0.25, 0.3) is 0 Å². The molecule has 1 heterocycles. The van der Waals surface area contributed by atoms with Gasteiger partial charge in [-0.1, -0.05) is 13.8 Å². The molecule has 15 heavy (non-hydrogen) atoms. The molecule has 4 nitrogen and oxygen atoms in total. The van der Waals surface area contributed by atoms with Crippen molar-refractivity contribution in [1.29, 1.82) is 0 Å². The molecule has 0 unspecified atom stereocenters. The van der Waals surface area contributed by atoms with E-state index in [0.717, 1.165) is 0 Å². The Morgan fingerprint density at radius 1 is 1.47 bits per heavy atom. The van der Waals surface area contributed by atoms with E-state index in [-0.39, 0.29) is 11.8 Å². The zero-order chi connectivity index (χ0) is 11.5. The van der Waals surface area contributed by atoms with Gasteiger partial charge in [-0.15, -0.1) is 0 Å². The van der Waals surface area contributed by atoms with Crippen LogP contribution in [0.3, 0.4) is 0 Å². The van der Waals surface area contributed by atoms with Gasteiger partial charge in [-0.25, -0.2) is 0 Å². The number of likely N-dealkylation sites (tertiary alicyclic amines) is 1. The van der Waals surface area contributed by atoms with E-state index in [1.54, 1.807) is 0 Å². The third-order valence-electron chi connectivity index (χ3n) is 3.01. The van der Waals surface area contributed by atoms with Crippen LogP contribution in [0.2, 0.25) is 0 Å². The van der Waals surface area contributed by atoms with E-state index in [4.69, 9.17) is 0 Å². The Kier molecular flexibility index (Phi) is 4.11. The third kappa shape index (κ3) is 3.18. The number of likely N-dealkylation sites (N-methyl/N-ethyl adjacent to an activating group) is 1. The van der Waals surface area contributed by atoms with Gasteiger partial charge in [-0.3, -0.25) is 4.79 Å². The first-order valence-electron chi connectivity index (χ1n) is 5.64. The van der Waals surface area contributed by atoms with Crippen molar-refractivity contribution in [2.45, 2.75) is 32.3 Å². The molecule has 4 heteroatoms. The Morgan fingerprint density at radius 2 is 2.00 bits per heavy atom. The van der Waals surface area contributed by atoms with Crippen LogP contribution in [0.5, 0.6) is 0 Å². The lowest BCUT2D eigenvalue weighted by Gasteiger charge is -2.38. The summed E-state index contributed by atoms with van der Waals surface area (Å²) in [6, 6.07) is 0. The third-order valence-corrected chi connectivity index (χ3v) is 3.01. The van der Waals surface area contributed by atoms with Crippen LogP contribution in [0.15, 0.2) is 0 Å². The molecule has 0 aromatic carbocycles. The number of piperidine rings is 1. The van der Waals surface area contributed by atoms with Crippen molar-refractivity contribution < 1.29 is 9.90 Å². The summed E-state index contributed by atoms with van der Waals surface area (Å²) >= 11 is 0. The monoisotopic (exact) mass is 214 g/mol. The Balaban J connectivity index is 2.45. The fraction of sp³-hybridized carbons (Fsp3) is 0.909. The highest BCUT2D eigenvalue weighted by Gasteiger charge is 2.33. The van der Waals surface area contributed by atoms with E-state index in [2.05, 4.69) is 5.32 Å². The number of amides is 1. The maximum Gasteiger partial charge on any atom is 0.225 e. The number of hydrogen-bond donors (Lipinski definition) is 2. The Hall–Kier alpha value is -0.610. The second kappa shape index (κ2) is 4.94. The van der Waals surface area contributed by atoms with Crippen LogP contribution in [0, 0.1) is 5.92 Å². The van der Waals surface area contributed by atoms with Crippen molar-refractivity contribution in [2.75, 3.05) is 26.7 Å². The summed E-state index contributed by atoms with van der Waals surface area (Å²) in [5.74, 6) is 0.252. The summed E-state index contributed by atoms with van der Waals surface area (Å²) in [4.78, 5) is 13.6. The average molecular weight is 214 g/mol. The largest absolute Gasteiger partial charge is 0.388 e. The molecule has 1 fully saturated rings. The molecular weight excluding hydrogens is 192 g/mol. The number of aliphatic hydroxyl groups is 1. The van der Waals surface area contributed by atoms with Crippen LogP contribution in [-0.2, 0) is 4.79 Å². The van der Waals surface area contributed by atoms with Crippen LogP contribution >= 0.6 is 0 Å². The zero-order valence-electron chi connectivity index (χ0n) is 9.92. The fourth-order valence-electron chi connectivity index (χ4n) is 2.01. The second-order valence-corrected chi connectivity index (χ2v) is 4.73. The van der Waals surface area contributed by atoms with Gasteiger partial charge in [0.05, 0.1) is 5.60 Å². The predicted octanol–water partition coefficient (Wildman–Crippen LogP) is 0.215. The summed E-state index contributed by atoms with van der Waals surface area (Å²) in [7, 11) is 1.84. The molecule has 2 N–H and O–H groups in total. The summed E-state index contributed by atoms with van der Waals surface area (Å²) in [6.07, 6.45) is 1.35. The summed E-state index contributed by atoms with van der Waals surface area (Å²) in [6.45, 7) is 5.79. The summed E-state index contributed by atoms with van der Waals surface area (Å²) in [5, 5.41) is 13.1. The van der Waals surface area contributed by atoms with Crippen molar-refractivity contribution in [3.8, 4) is 0 Å². The normalized spacial score (nSPS) is 20.7. The number of nitrogens with zero attached hydrogens (tertiary/aromatic N) is 1. The summed E-state index contributed by atoms with van der Waals surface area (Å²) in [5.41, 5.74) is -0.623. The molecule has 1 amide bonds. The number of rotatable bonds is 3. The molecular formula is C11H22N2O2. The van der Waals surface area contributed by atoms with Crippen LogP contribution < -0.4 is 5.32 Å². The highest BCUT2D eigenvalue weighted by atomic mass is 16.3. The fourth-order valence-corrected chi connectivity index (χ4v) is 2.01. The zero-order valence-corrected chi connectivity index (χ0v) is 9.92. The number of nitrogens with one attached hydrogen (secondary N) is 1. The molecule has 1 aliphatic heterocycles. The minimum Gasteiger partial charge on any atom is -0.388 e. The molecule has 0 saturated carbocycles. The Bertz CT molecular complexity index is 221. The first kappa shape index (κ1) is 12.5. The van der Waals surface area contributed by atoms with Crippen molar-refractivity contribution in [3.05, 3.63) is 0 Å². The molecule has 1 rings (SSSR count). The van der Waals surface area contributed by atoms with Crippen LogP contribution in [0.25, 0.3) is 0 Å². The van der Waals surface area contributed by atoms with Crippen molar-refractivity contribution in [2.24, 2.45) is 5.92 Å². The molecule has 0 spiro atoms. The van der Waals surface area contributed by atoms with Gasteiger partial charge < -0.3 is 15.3 Å². The molecule has 0 aromatic rings. The van der Waals surface area contributed by atoms with Gasteiger partial charge >= 0.3 is 0 Å². The van der Waals surface area contributed by atoms with Crippen molar-refractivity contribution in [3.63, 3.8) is 0 Å². The predicted molar refractivity (Wildman–Crippen MR) is 59.5 cm³/mol. The minimum atomic E-state index is -0.623. The van der Waals surface area contributed by atoms with Gasteiger partial charge in [0, 0.05) is 25.6 Å². The molecule has 1 aliphatic rings. The SMILES string of the molecule is CNCC1(O)CCN(C(=O)C(C)C)CC1. The average Bonchev–Trinajstić information content (AvgIpc) is 2.18. The van der Waals surface area contributed by atoms with Gasteiger partial charge in [0.1, 0.15) is 0 Å². The number of carbonyl (C=O) groups excluding carboxylic acids is 1. The maximum atomic E-state index is 11.7. The molecule has 0 bridgehead atoms. The maximum absolute atomic E-state index is 11.7. The quantitative estimate of drug-likeness (QED) is 0.706.